The van der Waals surface area contributed by atoms with Crippen molar-refractivity contribution in [3.63, 3.8) is 0 Å². The van der Waals surface area contributed by atoms with E-state index in [1.54, 1.807) is 26.2 Å². The molecule has 0 aromatic carbocycles. The van der Waals surface area contributed by atoms with Crippen LogP contribution in [0.15, 0.2) is 24.5 Å². The van der Waals surface area contributed by atoms with E-state index in [4.69, 9.17) is 0 Å². The SMILES string of the molecule is Cc1sc(C(C)(C)C(=O)O)nc1-c1cccnc1. The third kappa shape index (κ3) is 2.13. The zero-order valence-corrected chi connectivity index (χ0v) is 11.3. The number of carboxylic acid groups (broad SMARTS) is 1. The van der Waals surface area contributed by atoms with Crippen LogP contribution in [0.3, 0.4) is 0 Å². The molecule has 0 fully saturated rings. The van der Waals surface area contributed by atoms with E-state index in [0.717, 1.165) is 16.1 Å². The molecule has 0 aliphatic heterocycles. The van der Waals surface area contributed by atoms with Gasteiger partial charge < -0.3 is 5.11 Å². The molecule has 2 rings (SSSR count). The lowest BCUT2D eigenvalue weighted by Gasteiger charge is -2.15. The first-order chi connectivity index (χ1) is 8.43. The Labute approximate surface area is 109 Å². The normalized spacial score (nSPS) is 11.5. The maximum atomic E-state index is 11.2. The van der Waals surface area contributed by atoms with Gasteiger partial charge in [-0.1, -0.05) is 0 Å². The largest absolute Gasteiger partial charge is 0.481 e. The number of thiazole rings is 1. The Kier molecular flexibility index (Phi) is 3.17. The smallest absolute Gasteiger partial charge is 0.316 e. The van der Waals surface area contributed by atoms with Gasteiger partial charge in [-0.3, -0.25) is 9.78 Å². The average Bonchev–Trinajstić information content (AvgIpc) is 2.73. The van der Waals surface area contributed by atoms with Crippen molar-refractivity contribution in [3.05, 3.63) is 34.4 Å². The second-order valence-corrected chi connectivity index (χ2v) is 5.80. The first-order valence-electron chi connectivity index (χ1n) is 5.54. The zero-order valence-electron chi connectivity index (χ0n) is 10.5. The summed E-state index contributed by atoms with van der Waals surface area (Å²) in [4.78, 5) is 20.8. The van der Waals surface area contributed by atoms with E-state index in [1.807, 2.05) is 19.1 Å². The van der Waals surface area contributed by atoms with Gasteiger partial charge >= 0.3 is 5.97 Å². The number of hydrogen-bond acceptors (Lipinski definition) is 4. The van der Waals surface area contributed by atoms with Gasteiger partial charge in [-0.25, -0.2) is 4.98 Å². The highest BCUT2D eigenvalue weighted by Gasteiger charge is 2.33. The van der Waals surface area contributed by atoms with Crippen LogP contribution >= 0.6 is 11.3 Å². The summed E-state index contributed by atoms with van der Waals surface area (Å²) in [6, 6.07) is 3.77. The first-order valence-corrected chi connectivity index (χ1v) is 6.36. The quantitative estimate of drug-likeness (QED) is 0.923. The molecule has 0 radical (unpaired) electrons. The maximum absolute atomic E-state index is 11.2. The summed E-state index contributed by atoms with van der Waals surface area (Å²) in [5, 5.41) is 9.84. The van der Waals surface area contributed by atoms with Crippen molar-refractivity contribution in [2.75, 3.05) is 0 Å². The lowest BCUT2D eigenvalue weighted by Crippen LogP contribution is -2.28. The lowest BCUT2D eigenvalue weighted by molar-refractivity contribution is -0.142. The molecule has 1 N–H and O–H groups in total. The Morgan fingerprint density at radius 1 is 1.44 bits per heavy atom. The predicted molar refractivity (Wildman–Crippen MR) is 70.7 cm³/mol. The molecule has 5 heteroatoms. The molecule has 18 heavy (non-hydrogen) atoms. The molecule has 0 aliphatic carbocycles. The maximum Gasteiger partial charge on any atom is 0.316 e. The molecular weight excluding hydrogens is 248 g/mol. The third-order valence-corrected chi connectivity index (χ3v) is 4.10. The molecule has 0 atom stereocenters. The van der Waals surface area contributed by atoms with E-state index in [2.05, 4.69) is 9.97 Å². The van der Waals surface area contributed by atoms with Crippen LogP contribution in [0.1, 0.15) is 23.7 Å². The summed E-state index contributed by atoms with van der Waals surface area (Å²) in [7, 11) is 0. The Morgan fingerprint density at radius 2 is 2.17 bits per heavy atom. The second kappa shape index (κ2) is 4.49. The van der Waals surface area contributed by atoms with Gasteiger partial charge in [-0.05, 0) is 32.9 Å². The highest BCUT2D eigenvalue weighted by Crippen LogP contribution is 2.33. The molecule has 0 aliphatic rings. The molecule has 0 spiro atoms. The summed E-state index contributed by atoms with van der Waals surface area (Å²) in [5.74, 6) is -0.867. The number of aromatic nitrogens is 2. The van der Waals surface area contributed by atoms with Crippen molar-refractivity contribution in [1.82, 2.24) is 9.97 Å². The fraction of sp³-hybridized carbons (Fsp3) is 0.308. The van der Waals surface area contributed by atoms with Gasteiger partial charge in [0.05, 0.1) is 5.69 Å². The lowest BCUT2D eigenvalue weighted by atomic mass is 9.95. The summed E-state index contributed by atoms with van der Waals surface area (Å²) >= 11 is 1.42. The number of pyridine rings is 1. The number of carboxylic acids is 1. The van der Waals surface area contributed by atoms with Crippen LogP contribution < -0.4 is 0 Å². The Morgan fingerprint density at radius 3 is 2.72 bits per heavy atom. The molecule has 0 saturated carbocycles. The number of nitrogens with zero attached hydrogens (tertiary/aromatic N) is 2. The van der Waals surface area contributed by atoms with E-state index < -0.39 is 11.4 Å². The molecule has 0 unspecified atom stereocenters. The van der Waals surface area contributed by atoms with Gasteiger partial charge in [-0.2, -0.15) is 0 Å². The summed E-state index contributed by atoms with van der Waals surface area (Å²) < 4.78 is 0. The Balaban J connectivity index is 2.49. The minimum absolute atomic E-state index is 0.617. The minimum atomic E-state index is -0.962. The minimum Gasteiger partial charge on any atom is -0.481 e. The standard InChI is InChI=1S/C13H14N2O2S/c1-8-10(9-5-4-6-14-7-9)15-11(18-8)13(2,3)12(16)17/h4-7H,1-3H3,(H,16,17). The fourth-order valence-electron chi connectivity index (χ4n) is 1.53. The van der Waals surface area contributed by atoms with Crippen LogP contribution in [0, 0.1) is 6.92 Å². The van der Waals surface area contributed by atoms with Crippen LogP contribution in [-0.4, -0.2) is 21.0 Å². The van der Waals surface area contributed by atoms with Crippen LogP contribution in [0.25, 0.3) is 11.3 Å². The second-order valence-electron chi connectivity index (χ2n) is 4.60. The monoisotopic (exact) mass is 262 g/mol. The van der Waals surface area contributed by atoms with E-state index in [0.29, 0.717) is 5.01 Å². The molecule has 2 heterocycles. The van der Waals surface area contributed by atoms with Gasteiger partial charge in [0.25, 0.3) is 0 Å². The molecule has 2 aromatic heterocycles. The topological polar surface area (TPSA) is 63.1 Å². The number of rotatable bonds is 3. The van der Waals surface area contributed by atoms with Crippen LogP contribution in [0.4, 0.5) is 0 Å². The predicted octanol–water partition coefficient (Wildman–Crippen LogP) is 2.88. The van der Waals surface area contributed by atoms with Crippen molar-refractivity contribution in [2.45, 2.75) is 26.2 Å². The number of aryl methyl sites for hydroxylation is 1. The van der Waals surface area contributed by atoms with E-state index in [9.17, 15) is 9.90 Å². The number of carbonyl (C=O) groups is 1. The van der Waals surface area contributed by atoms with Crippen molar-refractivity contribution in [1.29, 1.82) is 0 Å². The summed E-state index contributed by atoms with van der Waals surface area (Å²) in [6.07, 6.45) is 3.44. The average molecular weight is 262 g/mol. The summed E-state index contributed by atoms with van der Waals surface area (Å²) in [5.41, 5.74) is 0.770. The highest BCUT2D eigenvalue weighted by atomic mass is 32.1. The van der Waals surface area contributed by atoms with Crippen molar-refractivity contribution in [3.8, 4) is 11.3 Å². The third-order valence-electron chi connectivity index (χ3n) is 2.80. The van der Waals surface area contributed by atoms with Crippen molar-refractivity contribution >= 4 is 17.3 Å². The zero-order chi connectivity index (χ0) is 13.3. The highest BCUT2D eigenvalue weighted by molar-refractivity contribution is 7.12. The molecule has 0 amide bonds. The van der Waals surface area contributed by atoms with E-state index in [1.165, 1.54) is 11.3 Å². The molecule has 0 bridgehead atoms. The van der Waals surface area contributed by atoms with Gasteiger partial charge in [0.15, 0.2) is 0 Å². The first kappa shape index (κ1) is 12.7. The van der Waals surface area contributed by atoms with Gasteiger partial charge in [0.2, 0.25) is 0 Å². The van der Waals surface area contributed by atoms with Crippen LogP contribution in [0.5, 0.6) is 0 Å². The summed E-state index contributed by atoms with van der Waals surface area (Å²) in [6.45, 7) is 5.28. The molecule has 94 valence electrons. The number of aliphatic carboxylic acids is 1. The van der Waals surface area contributed by atoms with Crippen molar-refractivity contribution in [2.24, 2.45) is 0 Å². The van der Waals surface area contributed by atoms with Crippen LogP contribution in [-0.2, 0) is 10.2 Å². The van der Waals surface area contributed by atoms with Crippen molar-refractivity contribution < 1.29 is 9.90 Å². The molecule has 4 nitrogen and oxygen atoms in total. The van der Waals surface area contributed by atoms with Crippen LogP contribution in [0.2, 0.25) is 0 Å². The Bertz CT molecular complexity index is 576. The number of hydrogen-bond donors (Lipinski definition) is 1. The van der Waals surface area contributed by atoms with Gasteiger partial charge in [0, 0.05) is 22.8 Å². The molecule has 2 aromatic rings. The van der Waals surface area contributed by atoms with E-state index >= 15 is 0 Å². The van der Waals surface area contributed by atoms with Gasteiger partial charge in [0.1, 0.15) is 10.4 Å². The molecule has 0 saturated heterocycles. The Hall–Kier alpha value is -1.75. The van der Waals surface area contributed by atoms with Gasteiger partial charge in [-0.15, -0.1) is 11.3 Å². The van der Waals surface area contributed by atoms with E-state index in [-0.39, 0.29) is 0 Å². The molecular formula is C13H14N2O2S. The fourth-order valence-corrected chi connectivity index (χ4v) is 2.56.